The molecule has 1 fully saturated rings. The topological polar surface area (TPSA) is 93.3 Å². The molecule has 28 heavy (non-hydrogen) atoms. The molecule has 2 heterocycles. The molecule has 1 atom stereocenters. The minimum absolute atomic E-state index is 0.0411. The molecule has 8 heteroatoms. The molecule has 2 aromatic rings. The molecule has 0 aliphatic carbocycles. The number of aryl methyl sites for hydroxylation is 1. The first-order chi connectivity index (χ1) is 13.6. The fourth-order valence-electron chi connectivity index (χ4n) is 3.77. The first-order valence-corrected chi connectivity index (χ1v) is 9.89. The summed E-state index contributed by atoms with van der Waals surface area (Å²) in [5, 5.41) is 14.1. The van der Waals surface area contributed by atoms with Crippen molar-refractivity contribution in [2.75, 3.05) is 18.4 Å². The van der Waals surface area contributed by atoms with Gasteiger partial charge in [-0.2, -0.15) is 0 Å². The maximum Gasteiger partial charge on any atom is 0.292 e. The van der Waals surface area contributed by atoms with Gasteiger partial charge >= 0.3 is 0 Å². The Kier molecular flexibility index (Phi) is 6.62. The zero-order valence-corrected chi connectivity index (χ0v) is 16.2. The van der Waals surface area contributed by atoms with E-state index in [-0.39, 0.29) is 17.6 Å². The number of nitrogens with zero attached hydrogens (tertiary/aromatic N) is 4. The highest BCUT2D eigenvalue weighted by Crippen LogP contribution is 2.30. The smallest absolute Gasteiger partial charge is 0.292 e. The van der Waals surface area contributed by atoms with E-state index in [0.29, 0.717) is 25.1 Å². The van der Waals surface area contributed by atoms with Crippen molar-refractivity contribution in [3.05, 3.63) is 52.6 Å². The van der Waals surface area contributed by atoms with E-state index in [0.717, 1.165) is 38.2 Å². The summed E-state index contributed by atoms with van der Waals surface area (Å²) in [4.78, 5) is 30.0. The van der Waals surface area contributed by atoms with Crippen LogP contribution in [0.2, 0.25) is 0 Å². The Labute approximate surface area is 164 Å². The Morgan fingerprint density at radius 2 is 2.18 bits per heavy atom. The molecule has 8 nitrogen and oxygen atoms in total. The normalized spacial score (nSPS) is 16.8. The van der Waals surface area contributed by atoms with Gasteiger partial charge in [-0.3, -0.25) is 14.9 Å². The SMILES string of the molecule is CCn1ccnc1[C@H]1CCCCN1C(=O)CCCNc1ccccc1[N+](=O)[O-]. The van der Waals surface area contributed by atoms with E-state index < -0.39 is 4.92 Å². The highest BCUT2D eigenvalue weighted by atomic mass is 16.6. The number of aromatic nitrogens is 2. The number of para-hydroxylation sites is 2. The molecule has 0 saturated carbocycles. The summed E-state index contributed by atoms with van der Waals surface area (Å²) in [7, 11) is 0. The molecule has 1 aromatic carbocycles. The van der Waals surface area contributed by atoms with Crippen molar-refractivity contribution in [2.24, 2.45) is 0 Å². The van der Waals surface area contributed by atoms with Crippen LogP contribution in [0.15, 0.2) is 36.7 Å². The minimum Gasteiger partial charge on any atom is -0.379 e. The number of rotatable bonds is 8. The number of nitro groups is 1. The van der Waals surface area contributed by atoms with Crippen molar-refractivity contribution >= 4 is 17.3 Å². The fraction of sp³-hybridized carbons (Fsp3) is 0.500. The molecule has 0 unspecified atom stereocenters. The molecular weight excluding hydrogens is 358 g/mol. The number of carbonyl (C=O) groups excluding carboxylic acids is 1. The van der Waals surface area contributed by atoms with Gasteiger partial charge in [0.15, 0.2) is 0 Å². The third kappa shape index (κ3) is 4.49. The first-order valence-electron chi connectivity index (χ1n) is 9.89. The maximum absolute atomic E-state index is 12.8. The number of amides is 1. The average molecular weight is 385 g/mol. The molecule has 1 amide bonds. The van der Waals surface area contributed by atoms with Gasteiger partial charge in [0.05, 0.1) is 11.0 Å². The monoisotopic (exact) mass is 385 g/mol. The molecular formula is C20H27N5O3. The summed E-state index contributed by atoms with van der Waals surface area (Å²) in [5.41, 5.74) is 0.539. The first kappa shape index (κ1) is 19.9. The van der Waals surface area contributed by atoms with E-state index in [1.54, 1.807) is 24.4 Å². The fourth-order valence-corrected chi connectivity index (χ4v) is 3.77. The lowest BCUT2D eigenvalue weighted by molar-refractivity contribution is -0.384. The lowest BCUT2D eigenvalue weighted by atomic mass is 10.0. The Morgan fingerprint density at radius 1 is 1.36 bits per heavy atom. The Hall–Kier alpha value is -2.90. The van der Waals surface area contributed by atoms with Crippen LogP contribution in [0.3, 0.4) is 0 Å². The standard InChI is InChI=1S/C20H27N5O3/c1-2-23-15-13-22-20(23)18-10-5-6-14-24(18)19(26)11-7-12-21-16-8-3-4-9-17(16)25(27)28/h3-4,8-9,13,15,18,21H,2,5-7,10-12,14H2,1H3/t18-/m1/s1. The summed E-state index contributed by atoms with van der Waals surface area (Å²) in [6.07, 6.45) is 7.86. The van der Waals surface area contributed by atoms with Crippen LogP contribution in [0, 0.1) is 10.1 Å². The number of nitro benzene ring substituents is 1. The quantitative estimate of drug-likeness (QED) is 0.424. The molecule has 0 spiro atoms. The third-order valence-corrected chi connectivity index (χ3v) is 5.19. The lowest BCUT2D eigenvalue weighted by Gasteiger charge is -2.35. The van der Waals surface area contributed by atoms with Gasteiger partial charge in [0.25, 0.3) is 5.69 Å². The number of imidazole rings is 1. The van der Waals surface area contributed by atoms with Crippen LogP contribution < -0.4 is 5.32 Å². The van der Waals surface area contributed by atoms with E-state index in [9.17, 15) is 14.9 Å². The van der Waals surface area contributed by atoms with E-state index in [4.69, 9.17) is 0 Å². The molecule has 1 aliphatic heterocycles. The van der Waals surface area contributed by atoms with Gasteiger partial charge in [0, 0.05) is 44.5 Å². The molecule has 150 valence electrons. The van der Waals surface area contributed by atoms with Crippen LogP contribution in [-0.2, 0) is 11.3 Å². The summed E-state index contributed by atoms with van der Waals surface area (Å²) in [6.45, 7) is 4.19. The Balaban J connectivity index is 1.56. The number of nitrogens with one attached hydrogen (secondary N) is 1. The third-order valence-electron chi connectivity index (χ3n) is 5.19. The lowest BCUT2D eigenvalue weighted by Crippen LogP contribution is -2.39. The van der Waals surface area contributed by atoms with Gasteiger partial charge in [0.1, 0.15) is 11.5 Å². The van der Waals surface area contributed by atoms with Gasteiger partial charge < -0.3 is 14.8 Å². The number of carbonyl (C=O) groups is 1. The highest BCUT2D eigenvalue weighted by molar-refractivity contribution is 5.76. The van der Waals surface area contributed by atoms with Crippen molar-refractivity contribution in [1.29, 1.82) is 0 Å². The Morgan fingerprint density at radius 3 is 2.96 bits per heavy atom. The molecule has 1 aromatic heterocycles. The zero-order chi connectivity index (χ0) is 19.9. The minimum atomic E-state index is -0.401. The van der Waals surface area contributed by atoms with Crippen LogP contribution in [0.5, 0.6) is 0 Å². The van der Waals surface area contributed by atoms with E-state index in [1.165, 1.54) is 6.07 Å². The largest absolute Gasteiger partial charge is 0.379 e. The number of benzene rings is 1. The molecule has 1 saturated heterocycles. The van der Waals surface area contributed by atoms with E-state index >= 15 is 0 Å². The van der Waals surface area contributed by atoms with Gasteiger partial charge in [-0.1, -0.05) is 12.1 Å². The van der Waals surface area contributed by atoms with Gasteiger partial charge in [-0.25, -0.2) is 4.98 Å². The zero-order valence-electron chi connectivity index (χ0n) is 16.2. The van der Waals surface area contributed by atoms with Crippen molar-refractivity contribution in [3.63, 3.8) is 0 Å². The van der Waals surface area contributed by atoms with Crippen molar-refractivity contribution in [1.82, 2.24) is 14.5 Å². The van der Waals surface area contributed by atoms with Crippen LogP contribution in [0.1, 0.15) is 50.9 Å². The van der Waals surface area contributed by atoms with Crippen LogP contribution in [0.25, 0.3) is 0 Å². The second kappa shape index (κ2) is 9.34. The maximum atomic E-state index is 12.8. The molecule has 1 aliphatic rings. The number of anilines is 1. The summed E-state index contributed by atoms with van der Waals surface area (Å²) in [5.74, 6) is 1.09. The Bertz CT molecular complexity index is 820. The molecule has 3 rings (SSSR count). The second-order valence-corrected chi connectivity index (χ2v) is 6.97. The molecule has 1 N–H and O–H groups in total. The van der Waals surface area contributed by atoms with Crippen LogP contribution >= 0.6 is 0 Å². The van der Waals surface area contributed by atoms with E-state index in [1.807, 2.05) is 11.1 Å². The van der Waals surface area contributed by atoms with Crippen molar-refractivity contribution < 1.29 is 9.72 Å². The molecule has 0 bridgehead atoms. The van der Waals surface area contributed by atoms with Gasteiger partial charge in [-0.05, 0) is 38.7 Å². The molecule has 0 radical (unpaired) electrons. The average Bonchev–Trinajstić information content (AvgIpc) is 3.20. The predicted molar refractivity (Wildman–Crippen MR) is 107 cm³/mol. The number of hydrogen-bond acceptors (Lipinski definition) is 5. The number of piperidine rings is 1. The predicted octanol–water partition coefficient (Wildman–Crippen LogP) is 3.76. The van der Waals surface area contributed by atoms with Crippen LogP contribution in [0.4, 0.5) is 11.4 Å². The summed E-state index contributed by atoms with van der Waals surface area (Å²) >= 11 is 0. The summed E-state index contributed by atoms with van der Waals surface area (Å²) < 4.78 is 2.10. The highest BCUT2D eigenvalue weighted by Gasteiger charge is 2.30. The van der Waals surface area contributed by atoms with Crippen molar-refractivity contribution in [2.45, 2.75) is 51.6 Å². The van der Waals surface area contributed by atoms with Crippen molar-refractivity contribution in [3.8, 4) is 0 Å². The van der Waals surface area contributed by atoms with Gasteiger partial charge in [0.2, 0.25) is 5.91 Å². The van der Waals surface area contributed by atoms with E-state index in [2.05, 4.69) is 21.8 Å². The van der Waals surface area contributed by atoms with Gasteiger partial charge in [-0.15, -0.1) is 0 Å². The number of hydrogen-bond donors (Lipinski definition) is 1. The summed E-state index contributed by atoms with van der Waals surface area (Å²) in [6, 6.07) is 6.60. The van der Waals surface area contributed by atoms with Crippen LogP contribution in [-0.4, -0.2) is 38.4 Å². The second-order valence-electron chi connectivity index (χ2n) is 6.97. The number of likely N-dealkylation sites (tertiary alicyclic amines) is 1.